The van der Waals surface area contributed by atoms with Crippen LogP contribution in [-0.2, 0) is 19.4 Å². The quantitative estimate of drug-likeness (QED) is 0.789. The summed E-state index contributed by atoms with van der Waals surface area (Å²) < 4.78 is 1.88. The summed E-state index contributed by atoms with van der Waals surface area (Å²) in [5.41, 5.74) is 0. The Bertz CT molecular complexity index is 425. The zero-order valence-corrected chi connectivity index (χ0v) is 11.6. The van der Waals surface area contributed by atoms with E-state index in [1.807, 2.05) is 4.68 Å². The van der Waals surface area contributed by atoms with Gasteiger partial charge in [-0.25, -0.2) is 9.67 Å². The third kappa shape index (κ3) is 3.13. The fourth-order valence-corrected chi connectivity index (χ4v) is 2.78. The summed E-state index contributed by atoms with van der Waals surface area (Å²) in [7, 11) is 2.17. The van der Waals surface area contributed by atoms with Gasteiger partial charge in [-0.2, -0.15) is 5.10 Å². The van der Waals surface area contributed by atoms with E-state index < -0.39 is 0 Å². The number of likely N-dealkylation sites (N-methyl/N-ethyl adjacent to an activating group) is 1. The average molecular weight is 265 g/mol. The lowest BCUT2D eigenvalue weighted by Crippen LogP contribution is -2.45. The van der Waals surface area contributed by atoms with Crippen LogP contribution in [0.2, 0.25) is 0 Å². The van der Waals surface area contributed by atoms with Crippen LogP contribution in [0.3, 0.4) is 0 Å². The highest BCUT2D eigenvalue weighted by atomic mass is 16.3. The maximum atomic E-state index is 9.62. The molecule has 1 aromatic heterocycles. The minimum atomic E-state index is -0.250. The summed E-state index contributed by atoms with van der Waals surface area (Å²) in [6, 6.07) is 0. The van der Waals surface area contributed by atoms with E-state index in [-0.39, 0.29) is 6.10 Å². The van der Waals surface area contributed by atoms with Crippen LogP contribution in [0.5, 0.6) is 0 Å². The SMILES string of the molecule is CN1CCN(CCc2nc3n(n2)CC(O)CC3)CC1. The Balaban J connectivity index is 1.53. The van der Waals surface area contributed by atoms with Crippen LogP contribution >= 0.6 is 0 Å². The van der Waals surface area contributed by atoms with Gasteiger partial charge in [0, 0.05) is 45.6 Å². The van der Waals surface area contributed by atoms with Gasteiger partial charge in [-0.15, -0.1) is 0 Å². The van der Waals surface area contributed by atoms with Crippen LogP contribution in [0.15, 0.2) is 0 Å². The first kappa shape index (κ1) is 13.0. The third-order valence-corrected chi connectivity index (χ3v) is 4.12. The van der Waals surface area contributed by atoms with E-state index in [1.54, 1.807) is 0 Å². The molecule has 6 nitrogen and oxygen atoms in total. The summed E-state index contributed by atoms with van der Waals surface area (Å²) in [5.74, 6) is 1.97. The fourth-order valence-electron chi connectivity index (χ4n) is 2.78. The van der Waals surface area contributed by atoms with E-state index in [9.17, 15) is 5.11 Å². The Labute approximate surface area is 114 Å². The Kier molecular flexibility index (Phi) is 3.81. The molecule has 0 saturated carbocycles. The molecule has 6 heteroatoms. The molecule has 2 aliphatic rings. The Morgan fingerprint density at radius 1 is 1.26 bits per heavy atom. The molecular formula is C13H23N5O. The van der Waals surface area contributed by atoms with E-state index in [4.69, 9.17) is 0 Å². The molecule has 2 aliphatic heterocycles. The number of nitrogens with zero attached hydrogens (tertiary/aromatic N) is 5. The largest absolute Gasteiger partial charge is 0.391 e. The highest BCUT2D eigenvalue weighted by Gasteiger charge is 2.20. The van der Waals surface area contributed by atoms with E-state index in [0.717, 1.165) is 63.6 Å². The van der Waals surface area contributed by atoms with E-state index in [0.29, 0.717) is 6.54 Å². The number of hydrogen-bond donors (Lipinski definition) is 1. The van der Waals surface area contributed by atoms with Crippen molar-refractivity contribution >= 4 is 0 Å². The molecule has 3 heterocycles. The van der Waals surface area contributed by atoms with Gasteiger partial charge in [0.25, 0.3) is 0 Å². The highest BCUT2D eigenvalue weighted by molar-refractivity contribution is 4.97. The van der Waals surface area contributed by atoms with Gasteiger partial charge in [0.15, 0.2) is 5.82 Å². The van der Waals surface area contributed by atoms with Crippen LogP contribution in [0.1, 0.15) is 18.1 Å². The molecule has 1 fully saturated rings. The summed E-state index contributed by atoms with van der Waals surface area (Å²) >= 11 is 0. The smallest absolute Gasteiger partial charge is 0.152 e. The van der Waals surface area contributed by atoms with E-state index in [1.165, 1.54) is 0 Å². The van der Waals surface area contributed by atoms with Crippen molar-refractivity contribution in [1.29, 1.82) is 0 Å². The number of hydrogen-bond acceptors (Lipinski definition) is 5. The van der Waals surface area contributed by atoms with Gasteiger partial charge in [-0.1, -0.05) is 0 Å². The normalized spacial score (nSPS) is 25.5. The zero-order chi connectivity index (χ0) is 13.2. The van der Waals surface area contributed by atoms with Gasteiger partial charge < -0.3 is 14.9 Å². The number of piperazine rings is 1. The zero-order valence-electron chi connectivity index (χ0n) is 11.6. The lowest BCUT2D eigenvalue weighted by Gasteiger charge is -2.31. The first-order valence-corrected chi connectivity index (χ1v) is 7.22. The first-order valence-electron chi connectivity index (χ1n) is 7.22. The van der Waals surface area contributed by atoms with Gasteiger partial charge in [-0.3, -0.25) is 0 Å². The van der Waals surface area contributed by atoms with Gasteiger partial charge in [0.05, 0.1) is 12.6 Å². The number of rotatable bonds is 3. The first-order chi connectivity index (χ1) is 9.20. The third-order valence-electron chi connectivity index (χ3n) is 4.12. The highest BCUT2D eigenvalue weighted by Crippen LogP contribution is 2.13. The Morgan fingerprint density at radius 3 is 2.84 bits per heavy atom. The molecular weight excluding hydrogens is 242 g/mol. The molecule has 19 heavy (non-hydrogen) atoms. The van der Waals surface area contributed by atoms with Crippen LogP contribution in [0, 0.1) is 0 Å². The lowest BCUT2D eigenvalue weighted by atomic mass is 10.1. The van der Waals surface area contributed by atoms with E-state index >= 15 is 0 Å². The van der Waals surface area contributed by atoms with Crippen molar-refractivity contribution in [2.45, 2.75) is 31.9 Å². The molecule has 0 aromatic carbocycles. The monoisotopic (exact) mass is 265 g/mol. The summed E-state index contributed by atoms with van der Waals surface area (Å²) in [4.78, 5) is 9.44. The average Bonchev–Trinajstić information content (AvgIpc) is 2.80. The topological polar surface area (TPSA) is 57.4 Å². The molecule has 0 aliphatic carbocycles. The van der Waals surface area contributed by atoms with Crippen molar-refractivity contribution in [2.75, 3.05) is 39.8 Å². The lowest BCUT2D eigenvalue weighted by molar-refractivity contribution is 0.124. The summed E-state index contributed by atoms with van der Waals surface area (Å²) in [6.45, 7) is 6.24. The maximum Gasteiger partial charge on any atom is 0.152 e. The number of aliphatic hydroxyl groups excluding tert-OH is 1. The van der Waals surface area contributed by atoms with Gasteiger partial charge in [-0.05, 0) is 13.5 Å². The molecule has 0 radical (unpaired) electrons. The van der Waals surface area contributed by atoms with Crippen molar-refractivity contribution in [3.63, 3.8) is 0 Å². The molecule has 1 atom stereocenters. The molecule has 0 amide bonds. The molecule has 1 saturated heterocycles. The predicted molar refractivity (Wildman–Crippen MR) is 72.0 cm³/mol. The van der Waals surface area contributed by atoms with Crippen molar-refractivity contribution in [2.24, 2.45) is 0 Å². The summed E-state index contributed by atoms with van der Waals surface area (Å²) in [6.07, 6.45) is 2.33. The molecule has 0 bridgehead atoms. The van der Waals surface area contributed by atoms with E-state index in [2.05, 4.69) is 26.9 Å². The van der Waals surface area contributed by atoms with Crippen molar-refractivity contribution < 1.29 is 5.11 Å². The second-order valence-electron chi connectivity index (χ2n) is 5.71. The van der Waals surface area contributed by atoms with Crippen LogP contribution in [0.25, 0.3) is 0 Å². The molecule has 1 aromatic rings. The number of fused-ring (bicyclic) bond motifs is 1. The van der Waals surface area contributed by atoms with Crippen LogP contribution < -0.4 is 0 Å². The Morgan fingerprint density at radius 2 is 2.05 bits per heavy atom. The summed E-state index contributed by atoms with van der Waals surface area (Å²) in [5, 5.41) is 14.1. The molecule has 106 valence electrons. The Hall–Kier alpha value is -0.980. The molecule has 3 rings (SSSR count). The fraction of sp³-hybridized carbons (Fsp3) is 0.846. The number of aliphatic hydroxyl groups is 1. The van der Waals surface area contributed by atoms with Crippen molar-refractivity contribution in [3.8, 4) is 0 Å². The minimum Gasteiger partial charge on any atom is -0.391 e. The number of aryl methyl sites for hydroxylation is 1. The van der Waals surface area contributed by atoms with Crippen molar-refractivity contribution in [1.82, 2.24) is 24.6 Å². The van der Waals surface area contributed by atoms with Crippen LogP contribution in [0.4, 0.5) is 0 Å². The second kappa shape index (κ2) is 5.56. The minimum absolute atomic E-state index is 0.250. The van der Waals surface area contributed by atoms with Gasteiger partial charge >= 0.3 is 0 Å². The molecule has 1 unspecified atom stereocenters. The second-order valence-corrected chi connectivity index (χ2v) is 5.71. The van der Waals surface area contributed by atoms with Gasteiger partial charge in [0.1, 0.15) is 5.82 Å². The van der Waals surface area contributed by atoms with Crippen LogP contribution in [-0.4, -0.2) is 75.5 Å². The molecule has 0 spiro atoms. The number of aromatic nitrogens is 3. The standard InChI is InChI=1S/C13H23N5O/c1-16-6-8-17(9-7-16)5-4-12-14-13-3-2-11(19)10-18(13)15-12/h11,19H,2-10H2,1H3. The molecule has 1 N–H and O–H groups in total. The van der Waals surface area contributed by atoms with Crippen molar-refractivity contribution in [3.05, 3.63) is 11.6 Å². The maximum absolute atomic E-state index is 9.62. The van der Waals surface area contributed by atoms with Gasteiger partial charge in [0.2, 0.25) is 0 Å². The predicted octanol–water partition coefficient (Wildman–Crippen LogP) is -0.625.